The molecule has 0 unspecified atom stereocenters. The lowest BCUT2D eigenvalue weighted by molar-refractivity contribution is 0.671. The molecule has 0 bridgehead atoms. The SMILES string of the molecule is c1ccc(-c2cc(-c3ccccc3)nc(-c3cc4c5ccc6c7ccccc7oc6c5n5c6nc7ccccc7nc6c(c3)c45)n2)cc1. The van der Waals surface area contributed by atoms with Crippen molar-refractivity contribution in [3.05, 3.63) is 140 Å². The first kappa shape index (κ1) is 25.5. The lowest BCUT2D eigenvalue weighted by atomic mass is 10.0. The van der Waals surface area contributed by atoms with E-state index < -0.39 is 0 Å². The van der Waals surface area contributed by atoms with Gasteiger partial charge in [0.15, 0.2) is 17.1 Å². The number of aromatic nitrogens is 5. The third kappa shape index (κ3) is 3.51. The molecule has 0 aliphatic rings. The van der Waals surface area contributed by atoms with Crippen LogP contribution in [0.5, 0.6) is 0 Å². The van der Waals surface area contributed by atoms with Gasteiger partial charge in [0.2, 0.25) is 0 Å². The molecule has 0 amide bonds. The van der Waals surface area contributed by atoms with E-state index in [-0.39, 0.29) is 0 Å². The lowest BCUT2D eigenvalue weighted by Gasteiger charge is -2.10. The molecule has 0 atom stereocenters. The molecule has 0 aliphatic heterocycles. The van der Waals surface area contributed by atoms with Crippen molar-refractivity contribution in [2.75, 3.05) is 0 Å². The molecule has 222 valence electrons. The third-order valence-corrected chi connectivity index (χ3v) is 9.51. The normalized spacial score (nSPS) is 12.2. The van der Waals surface area contributed by atoms with Crippen molar-refractivity contribution in [1.82, 2.24) is 24.3 Å². The van der Waals surface area contributed by atoms with Gasteiger partial charge in [-0.3, -0.25) is 4.40 Å². The highest BCUT2D eigenvalue weighted by molar-refractivity contribution is 6.28. The van der Waals surface area contributed by atoms with Crippen molar-refractivity contribution in [2.24, 2.45) is 0 Å². The van der Waals surface area contributed by atoms with E-state index in [2.05, 4.69) is 71.1 Å². The Labute approximate surface area is 272 Å². The molecule has 5 heterocycles. The minimum Gasteiger partial charge on any atom is -0.454 e. The van der Waals surface area contributed by atoms with E-state index >= 15 is 0 Å². The summed E-state index contributed by atoms with van der Waals surface area (Å²) in [6.45, 7) is 0. The maximum Gasteiger partial charge on any atom is 0.165 e. The maximum atomic E-state index is 6.61. The van der Waals surface area contributed by atoms with Gasteiger partial charge >= 0.3 is 0 Å². The minimum absolute atomic E-state index is 0.654. The Kier molecular flexibility index (Phi) is 5.02. The second-order valence-corrected chi connectivity index (χ2v) is 12.3. The number of benzene rings is 6. The highest BCUT2D eigenvalue weighted by Gasteiger charge is 2.25. The zero-order valence-electron chi connectivity index (χ0n) is 25.4. The van der Waals surface area contributed by atoms with Gasteiger partial charge in [0.1, 0.15) is 11.1 Å². The summed E-state index contributed by atoms with van der Waals surface area (Å²) >= 11 is 0. The van der Waals surface area contributed by atoms with Gasteiger partial charge in [-0.05, 0) is 42.5 Å². The number of nitrogens with zero attached hydrogens (tertiary/aromatic N) is 5. The molecule has 0 saturated heterocycles. The van der Waals surface area contributed by atoms with E-state index in [0.717, 1.165) is 99.4 Å². The predicted octanol–water partition coefficient (Wildman–Crippen LogP) is 10.5. The van der Waals surface area contributed by atoms with E-state index in [1.165, 1.54) is 0 Å². The number of furan rings is 1. The van der Waals surface area contributed by atoms with Crippen LogP contribution in [0.1, 0.15) is 0 Å². The number of hydrogen-bond donors (Lipinski definition) is 0. The summed E-state index contributed by atoms with van der Waals surface area (Å²) < 4.78 is 8.86. The molecular weight excluding hydrogens is 590 g/mol. The van der Waals surface area contributed by atoms with Gasteiger partial charge in [-0.15, -0.1) is 0 Å². The van der Waals surface area contributed by atoms with E-state index in [9.17, 15) is 0 Å². The minimum atomic E-state index is 0.654. The van der Waals surface area contributed by atoms with Gasteiger partial charge in [0.05, 0.1) is 33.5 Å². The highest BCUT2D eigenvalue weighted by Crippen LogP contribution is 2.44. The quantitative estimate of drug-likeness (QED) is 0.198. The lowest BCUT2D eigenvalue weighted by Crippen LogP contribution is -1.96. The van der Waals surface area contributed by atoms with Crippen molar-refractivity contribution >= 4 is 71.3 Å². The molecule has 0 N–H and O–H groups in total. The largest absolute Gasteiger partial charge is 0.454 e. The predicted molar refractivity (Wildman–Crippen MR) is 193 cm³/mol. The summed E-state index contributed by atoms with van der Waals surface area (Å²) in [5, 5.41) is 5.34. The first-order valence-corrected chi connectivity index (χ1v) is 16.0. The van der Waals surface area contributed by atoms with Crippen LogP contribution in [-0.4, -0.2) is 24.3 Å². The summed E-state index contributed by atoms with van der Waals surface area (Å²) in [5.41, 5.74) is 11.8. The van der Waals surface area contributed by atoms with E-state index in [1.807, 2.05) is 72.8 Å². The Morgan fingerprint density at radius 2 is 1.06 bits per heavy atom. The van der Waals surface area contributed by atoms with Crippen LogP contribution in [-0.2, 0) is 0 Å². The fraction of sp³-hybridized carbons (Fsp3) is 0. The van der Waals surface area contributed by atoms with Crippen LogP contribution in [0.15, 0.2) is 144 Å². The van der Waals surface area contributed by atoms with Gasteiger partial charge in [0.25, 0.3) is 0 Å². The topological polar surface area (TPSA) is 69.1 Å². The van der Waals surface area contributed by atoms with Crippen LogP contribution in [0.3, 0.4) is 0 Å². The van der Waals surface area contributed by atoms with Crippen LogP contribution in [0.2, 0.25) is 0 Å². The molecule has 0 fully saturated rings. The van der Waals surface area contributed by atoms with E-state index in [0.29, 0.717) is 5.82 Å². The van der Waals surface area contributed by atoms with Crippen LogP contribution < -0.4 is 0 Å². The molecule has 0 spiro atoms. The molecule has 6 heteroatoms. The fourth-order valence-corrected chi connectivity index (χ4v) is 7.35. The Morgan fingerprint density at radius 1 is 0.438 bits per heavy atom. The standard InChI is InChI=1S/C42H23N5O/c1-3-11-24(12-4-1)34-23-35(25-13-5-2-6-14-25)45-41(44-34)26-21-30-28-19-20-29-27-15-7-10-18-36(27)48-40(29)39(28)47-38(30)31(22-26)37-42(47)46-33-17-9-8-16-32(33)43-37/h1-23H. The molecular formula is C42H23N5O. The molecule has 48 heavy (non-hydrogen) atoms. The van der Waals surface area contributed by atoms with Crippen LogP contribution in [0.4, 0.5) is 0 Å². The van der Waals surface area contributed by atoms with Crippen LogP contribution in [0, 0.1) is 0 Å². The molecule has 11 aromatic rings. The van der Waals surface area contributed by atoms with E-state index in [1.54, 1.807) is 0 Å². The van der Waals surface area contributed by atoms with Gasteiger partial charge in [-0.25, -0.2) is 19.9 Å². The van der Waals surface area contributed by atoms with Gasteiger partial charge < -0.3 is 4.42 Å². The molecule has 5 aromatic heterocycles. The summed E-state index contributed by atoms with van der Waals surface area (Å²) in [5.74, 6) is 0.654. The zero-order valence-corrected chi connectivity index (χ0v) is 25.4. The Hall–Kier alpha value is -6.66. The van der Waals surface area contributed by atoms with Crippen molar-refractivity contribution in [1.29, 1.82) is 0 Å². The second kappa shape index (κ2) is 9.44. The zero-order chi connectivity index (χ0) is 31.3. The summed E-state index contributed by atoms with van der Waals surface area (Å²) in [6, 6.07) is 47.7. The fourth-order valence-electron chi connectivity index (χ4n) is 7.35. The Balaban J connectivity index is 1.29. The van der Waals surface area contributed by atoms with E-state index in [4.69, 9.17) is 24.4 Å². The van der Waals surface area contributed by atoms with Crippen molar-refractivity contribution < 1.29 is 4.42 Å². The first-order valence-electron chi connectivity index (χ1n) is 16.0. The molecule has 6 nitrogen and oxygen atoms in total. The number of fused-ring (bicyclic) bond motifs is 11. The monoisotopic (exact) mass is 613 g/mol. The second-order valence-electron chi connectivity index (χ2n) is 12.3. The third-order valence-electron chi connectivity index (χ3n) is 9.51. The molecule has 0 radical (unpaired) electrons. The Bertz CT molecular complexity index is 3000. The Morgan fingerprint density at radius 3 is 1.81 bits per heavy atom. The van der Waals surface area contributed by atoms with Crippen molar-refractivity contribution in [2.45, 2.75) is 0 Å². The van der Waals surface area contributed by atoms with Crippen molar-refractivity contribution in [3.63, 3.8) is 0 Å². The first-order chi connectivity index (χ1) is 23.8. The summed E-state index contributed by atoms with van der Waals surface area (Å²) in [6.07, 6.45) is 0. The molecule has 6 aromatic carbocycles. The maximum absolute atomic E-state index is 6.61. The molecule has 11 rings (SSSR count). The average molecular weight is 614 g/mol. The van der Waals surface area contributed by atoms with Crippen molar-refractivity contribution in [3.8, 4) is 33.9 Å². The van der Waals surface area contributed by atoms with Gasteiger partial charge in [-0.2, -0.15) is 0 Å². The molecule has 0 aliphatic carbocycles. The van der Waals surface area contributed by atoms with Crippen LogP contribution >= 0.6 is 0 Å². The molecule has 0 saturated carbocycles. The van der Waals surface area contributed by atoms with Crippen LogP contribution in [0.25, 0.3) is 105 Å². The smallest absolute Gasteiger partial charge is 0.165 e. The number of hydrogen-bond acceptors (Lipinski definition) is 5. The number of para-hydroxylation sites is 3. The number of rotatable bonds is 3. The van der Waals surface area contributed by atoms with Gasteiger partial charge in [0, 0.05) is 43.6 Å². The van der Waals surface area contributed by atoms with Gasteiger partial charge in [-0.1, -0.05) is 97.1 Å². The highest BCUT2D eigenvalue weighted by atomic mass is 16.3. The summed E-state index contributed by atoms with van der Waals surface area (Å²) in [7, 11) is 0. The summed E-state index contributed by atoms with van der Waals surface area (Å²) in [4.78, 5) is 20.8. The average Bonchev–Trinajstić information content (AvgIpc) is 3.81.